The van der Waals surface area contributed by atoms with Gasteiger partial charge in [0.15, 0.2) is 11.0 Å². The summed E-state index contributed by atoms with van der Waals surface area (Å²) in [5, 5.41) is 24.3. The molecule has 144 valence electrons. The van der Waals surface area contributed by atoms with Gasteiger partial charge in [-0.15, -0.1) is 10.2 Å². The zero-order chi connectivity index (χ0) is 20.4. The van der Waals surface area contributed by atoms with E-state index in [0.717, 1.165) is 27.9 Å². The number of hydrogen-bond donors (Lipinski definition) is 0. The molecule has 0 amide bonds. The first-order chi connectivity index (χ1) is 14.1. The van der Waals surface area contributed by atoms with Gasteiger partial charge in [0.05, 0.1) is 22.6 Å². The van der Waals surface area contributed by atoms with Crippen LogP contribution in [0.4, 0.5) is 0 Å². The maximum Gasteiger partial charge on any atom is 0.191 e. The molecule has 4 rings (SSSR count). The lowest BCUT2D eigenvalue weighted by atomic mass is 10.2. The van der Waals surface area contributed by atoms with Gasteiger partial charge in [-0.05, 0) is 43.3 Å². The second-order valence-corrected chi connectivity index (χ2v) is 7.81. The van der Waals surface area contributed by atoms with Gasteiger partial charge in [0, 0.05) is 23.4 Å². The van der Waals surface area contributed by atoms with Crippen LogP contribution in [0.15, 0.2) is 59.8 Å². The van der Waals surface area contributed by atoms with E-state index >= 15 is 0 Å². The van der Waals surface area contributed by atoms with E-state index in [9.17, 15) is 5.26 Å². The lowest BCUT2D eigenvalue weighted by Crippen LogP contribution is -2.03. The van der Waals surface area contributed by atoms with Crippen LogP contribution in [-0.4, -0.2) is 24.5 Å². The molecule has 4 aromatic rings. The van der Waals surface area contributed by atoms with Gasteiger partial charge in [-0.2, -0.15) is 10.4 Å². The van der Waals surface area contributed by atoms with Crippen LogP contribution in [0.5, 0.6) is 0 Å². The third kappa shape index (κ3) is 3.77. The Kier molecular flexibility index (Phi) is 5.38. The molecule has 8 heteroatoms. The van der Waals surface area contributed by atoms with Crippen molar-refractivity contribution in [3.8, 4) is 23.1 Å². The van der Waals surface area contributed by atoms with E-state index in [1.807, 2.05) is 77.8 Å². The fourth-order valence-corrected chi connectivity index (χ4v) is 4.10. The van der Waals surface area contributed by atoms with Crippen molar-refractivity contribution >= 4 is 23.4 Å². The lowest BCUT2D eigenvalue weighted by molar-refractivity contribution is 0.790. The Morgan fingerprint density at radius 2 is 1.79 bits per heavy atom. The molecule has 0 saturated carbocycles. The first-order valence-corrected chi connectivity index (χ1v) is 10.3. The van der Waals surface area contributed by atoms with Crippen molar-refractivity contribution in [2.75, 3.05) is 0 Å². The molecule has 2 heterocycles. The lowest BCUT2D eigenvalue weighted by Gasteiger charge is -2.08. The van der Waals surface area contributed by atoms with Crippen molar-refractivity contribution in [1.29, 1.82) is 5.26 Å². The monoisotopic (exact) mass is 420 g/mol. The number of benzene rings is 2. The number of aryl methyl sites for hydroxylation is 1. The average Bonchev–Trinajstić information content (AvgIpc) is 3.26. The Balaban J connectivity index is 1.63. The maximum atomic E-state index is 9.63. The van der Waals surface area contributed by atoms with Crippen LogP contribution in [0.1, 0.15) is 17.0 Å². The molecule has 0 aliphatic carbocycles. The SMILES string of the molecule is Cc1nn(-c2ccccc2)c(CSc2nnc(-c3ccc(Cl)cc3)n2C)c1C#N. The number of nitriles is 1. The Hall–Kier alpha value is -3.08. The maximum absolute atomic E-state index is 9.63. The van der Waals surface area contributed by atoms with Gasteiger partial charge in [0.2, 0.25) is 0 Å². The highest BCUT2D eigenvalue weighted by Crippen LogP contribution is 2.28. The molecule has 0 saturated heterocycles. The smallest absolute Gasteiger partial charge is 0.191 e. The van der Waals surface area contributed by atoms with Crippen molar-refractivity contribution in [3.05, 3.63) is 76.6 Å². The molecule has 0 atom stereocenters. The number of nitrogens with zero attached hydrogens (tertiary/aromatic N) is 6. The van der Waals surface area contributed by atoms with Gasteiger partial charge in [-0.3, -0.25) is 0 Å². The quantitative estimate of drug-likeness (QED) is 0.434. The number of thioether (sulfide) groups is 1. The van der Waals surface area contributed by atoms with Gasteiger partial charge in [0.1, 0.15) is 6.07 Å². The van der Waals surface area contributed by atoms with Crippen LogP contribution < -0.4 is 0 Å². The predicted octanol–water partition coefficient (Wildman–Crippen LogP) is 4.79. The molecule has 0 aliphatic heterocycles. The molecule has 0 bridgehead atoms. The van der Waals surface area contributed by atoms with Crippen molar-refractivity contribution in [1.82, 2.24) is 24.5 Å². The van der Waals surface area contributed by atoms with Crippen molar-refractivity contribution in [2.24, 2.45) is 7.05 Å². The van der Waals surface area contributed by atoms with E-state index in [1.54, 1.807) is 0 Å². The molecule has 0 aliphatic rings. The largest absolute Gasteiger partial charge is 0.305 e. The number of rotatable bonds is 5. The number of aromatic nitrogens is 5. The third-order valence-corrected chi connectivity index (χ3v) is 5.83. The predicted molar refractivity (Wildman–Crippen MR) is 114 cm³/mol. The average molecular weight is 421 g/mol. The van der Waals surface area contributed by atoms with Crippen molar-refractivity contribution in [3.63, 3.8) is 0 Å². The van der Waals surface area contributed by atoms with Gasteiger partial charge >= 0.3 is 0 Å². The fourth-order valence-electron chi connectivity index (χ4n) is 3.06. The van der Waals surface area contributed by atoms with Crippen LogP contribution >= 0.6 is 23.4 Å². The van der Waals surface area contributed by atoms with E-state index in [1.165, 1.54) is 11.8 Å². The number of halogens is 1. The van der Waals surface area contributed by atoms with E-state index in [0.29, 0.717) is 22.0 Å². The molecule has 0 unspecified atom stereocenters. The van der Waals surface area contributed by atoms with Crippen molar-refractivity contribution < 1.29 is 0 Å². The Morgan fingerprint density at radius 3 is 2.48 bits per heavy atom. The van der Waals surface area contributed by atoms with Crippen molar-refractivity contribution in [2.45, 2.75) is 17.8 Å². The number of para-hydroxylation sites is 1. The minimum Gasteiger partial charge on any atom is -0.305 e. The Labute approximate surface area is 177 Å². The normalized spacial score (nSPS) is 10.8. The fraction of sp³-hybridized carbons (Fsp3) is 0.143. The zero-order valence-corrected chi connectivity index (χ0v) is 17.4. The van der Waals surface area contributed by atoms with Crippen LogP contribution in [0.3, 0.4) is 0 Å². The molecule has 0 N–H and O–H groups in total. The molecule has 2 aromatic carbocycles. The minimum absolute atomic E-state index is 0.547. The van der Waals surface area contributed by atoms with Crippen LogP contribution in [0.2, 0.25) is 5.02 Å². The summed E-state index contributed by atoms with van der Waals surface area (Å²) in [5.74, 6) is 1.31. The molecule has 2 aromatic heterocycles. The summed E-state index contributed by atoms with van der Waals surface area (Å²) in [5.41, 5.74) is 4.03. The van der Waals surface area contributed by atoms with Gasteiger partial charge in [0.25, 0.3) is 0 Å². The number of hydrogen-bond acceptors (Lipinski definition) is 5. The molecular formula is C21H17ClN6S. The third-order valence-electron chi connectivity index (χ3n) is 4.54. The van der Waals surface area contributed by atoms with E-state index in [2.05, 4.69) is 21.4 Å². The summed E-state index contributed by atoms with van der Waals surface area (Å²) in [6.45, 7) is 1.85. The van der Waals surface area contributed by atoms with E-state index in [4.69, 9.17) is 11.6 Å². The van der Waals surface area contributed by atoms with Gasteiger partial charge in [-0.25, -0.2) is 4.68 Å². The summed E-state index contributed by atoms with van der Waals surface area (Å²) in [6.07, 6.45) is 0. The van der Waals surface area contributed by atoms with Gasteiger partial charge < -0.3 is 4.57 Å². The van der Waals surface area contributed by atoms with E-state index < -0.39 is 0 Å². The second kappa shape index (κ2) is 8.11. The first kappa shape index (κ1) is 19.2. The summed E-state index contributed by atoms with van der Waals surface area (Å²) >= 11 is 7.50. The van der Waals surface area contributed by atoms with E-state index in [-0.39, 0.29) is 0 Å². The highest BCUT2D eigenvalue weighted by molar-refractivity contribution is 7.98. The standard InChI is InChI=1S/C21H17ClN6S/c1-14-18(12-23)19(28(26-14)17-6-4-3-5-7-17)13-29-21-25-24-20(27(21)2)15-8-10-16(22)11-9-15/h3-11H,13H2,1-2H3. The molecule has 6 nitrogen and oxygen atoms in total. The Morgan fingerprint density at radius 1 is 1.07 bits per heavy atom. The van der Waals surface area contributed by atoms with Crippen LogP contribution in [0, 0.1) is 18.3 Å². The molecular weight excluding hydrogens is 404 g/mol. The first-order valence-electron chi connectivity index (χ1n) is 8.90. The van der Waals surface area contributed by atoms with Crippen LogP contribution in [0.25, 0.3) is 17.1 Å². The Bertz CT molecular complexity index is 1190. The minimum atomic E-state index is 0.547. The summed E-state index contributed by atoms with van der Waals surface area (Å²) in [7, 11) is 1.93. The molecule has 0 fully saturated rings. The molecule has 29 heavy (non-hydrogen) atoms. The summed E-state index contributed by atoms with van der Waals surface area (Å²) < 4.78 is 3.77. The zero-order valence-electron chi connectivity index (χ0n) is 15.9. The van der Waals surface area contributed by atoms with Crippen LogP contribution in [-0.2, 0) is 12.8 Å². The highest BCUT2D eigenvalue weighted by atomic mass is 35.5. The highest BCUT2D eigenvalue weighted by Gasteiger charge is 2.18. The second-order valence-electron chi connectivity index (χ2n) is 6.43. The summed E-state index contributed by atoms with van der Waals surface area (Å²) in [4.78, 5) is 0. The molecule has 0 radical (unpaired) electrons. The summed E-state index contributed by atoms with van der Waals surface area (Å²) in [6, 6.07) is 19.6. The topological polar surface area (TPSA) is 72.3 Å². The van der Waals surface area contributed by atoms with Gasteiger partial charge in [-0.1, -0.05) is 41.6 Å². The molecule has 0 spiro atoms.